The molecule has 2 unspecified atom stereocenters. The van der Waals surface area contributed by atoms with Crippen LogP contribution in [-0.2, 0) is 0 Å². The summed E-state index contributed by atoms with van der Waals surface area (Å²) in [6, 6.07) is 2.94. The first-order chi connectivity index (χ1) is 8.09. The van der Waals surface area contributed by atoms with Gasteiger partial charge in [-0.3, -0.25) is 4.79 Å². The number of aryl methyl sites for hydroxylation is 2. The van der Waals surface area contributed by atoms with Crippen LogP contribution in [-0.4, -0.2) is 5.78 Å². The number of rotatable bonds is 2. The fourth-order valence-corrected chi connectivity index (χ4v) is 3.68. The smallest absolute Gasteiger partial charge is 0.167 e. The highest BCUT2D eigenvalue weighted by Gasteiger charge is 2.56. The van der Waals surface area contributed by atoms with E-state index < -0.39 is 0 Å². The molecule has 3 rings (SSSR count). The number of ketones is 1. The molecule has 2 aliphatic carbocycles. The highest BCUT2D eigenvalue weighted by atomic mass is 19.1. The van der Waals surface area contributed by atoms with Gasteiger partial charge in [0.1, 0.15) is 5.82 Å². The van der Waals surface area contributed by atoms with Gasteiger partial charge in [-0.15, -0.1) is 0 Å². The van der Waals surface area contributed by atoms with Crippen LogP contribution in [0.1, 0.15) is 40.7 Å². The van der Waals surface area contributed by atoms with Crippen LogP contribution >= 0.6 is 0 Å². The second-order valence-electron chi connectivity index (χ2n) is 5.56. The Morgan fingerprint density at radius 3 is 2.24 bits per heavy atom. The van der Waals surface area contributed by atoms with E-state index in [0.717, 1.165) is 16.7 Å². The third-order valence-corrected chi connectivity index (χ3v) is 4.45. The Labute approximate surface area is 101 Å². The number of carbonyl (C=O) groups excluding carboxylic acids is 1. The number of carbonyl (C=O) groups is 1. The summed E-state index contributed by atoms with van der Waals surface area (Å²) in [5.41, 5.74) is 2.35. The first kappa shape index (κ1) is 10.9. The molecule has 0 radical (unpaired) electrons. The minimum atomic E-state index is -0.243. The van der Waals surface area contributed by atoms with E-state index in [1.165, 1.54) is 31.4 Å². The molecule has 0 aromatic heterocycles. The highest BCUT2D eigenvalue weighted by Crippen LogP contribution is 2.58. The molecule has 2 saturated carbocycles. The molecule has 0 heterocycles. The third-order valence-electron chi connectivity index (χ3n) is 4.45. The monoisotopic (exact) mass is 232 g/mol. The number of hydrogen-bond acceptors (Lipinski definition) is 1. The van der Waals surface area contributed by atoms with Crippen LogP contribution in [0.3, 0.4) is 0 Å². The fourth-order valence-electron chi connectivity index (χ4n) is 3.68. The number of hydrogen-bond donors (Lipinski definition) is 0. The molecule has 90 valence electrons. The van der Waals surface area contributed by atoms with Crippen molar-refractivity contribution in [3.8, 4) is 0 Å². The lowest BCUT2D eigenvalue weighted by Crippen LogP contribution is -2.10. The summed E-state index contributed by atoms with van der Waals surface area (Å²) < 4.78 is 13.2. The van der Waals surface area contributed by atoms with Gasteiger partial charge < -0.3 is 0 Å². The first-order valence-electron chi connectivity index (χ1n) is 6.40. The van der Waals surface area contributed by atoms with Crippen molar-refractivity contribution in [3.63, 3.8) is 0 Å². The molecule has 1 nitrogen and oxygen atoms in total. The standard InChI is InChI=1S/C15H17FO/c1-8-6-10(16)7-9(2)13(8)15(17)14-11-4-3-5-12(11)14/h6-7,11-12,14H,3-5H2,1-2H3. The van der Waals surface area contributed by atoms with Crippen LogP contribution in [0.2, 0.25) is 0 Å². The maximum absolute atomic E-state index is 13.2. The minimum Gasteiger partial charge on any atom is -0.294 e. The molecule has 0 bridgehead atoms. The molecule has 17 heavy (non-hydrogen) atoms. The first-order valence-corrected chi connectivity index (χ1v) is 6.40. The molecule has 0 amide bonds. The lowest BCUT2D eigenvalue weighted by molar-refractivity contribution is 0.0950. The summed E-state index contributed by atoms with van der Waals surface area (Å²) in [5, 5.41) is 0. The van der Waals surface area contributed by atoms with Gasteiger partial charge in [-0.05, 0) is 61.8 Å². The highest BCUT2D eigenvalue weighted by molar-refractivity contribution is 6.02. The lowest BCUT2D eigenvalue weighted by Gasteiger charge is -2.10. The summed E-state index contributed by atoms with van der Waals surface area (Å²) in [4.78, 5) is 12.5. The molecule has 0 saturated heterocycles. The Morgan fingerprint density at radius 2 is 1.71 bits per heavy atom. The number of halogens is 1. The van der Waals surface area contributed by atoms with Gasteiger partial charge in [0.05, 0.1) is 0 Å². The minimum absolute atomic E-state index is 0.242. The van der Waals surface area contributed by atoms with E-state index in [1.54, 1.807) is 0 Å². The zero-order valence-corrected chi connectivity index (χ0v) is 10.3. The largest absolute Gasteiger partial charge is 0.294 e. The molecule has 2 heteroatoms. The average Bonchev–Trinajstić information content (AvgIpc) is 2.71. The normalized spacial score (nSPS) is 30.2. The molecular formula is C15H17FO. The van der Waals surface area contributed by atoms with Gasteiger partial charge >= 0.3 is 0 Å². The summed E-state index contributed by atoms with van der Waals surface area (Å²) >= 11 is 0. The number of fused-ring (bicyclic) bond motifs is 1. The van der Waals surface area contributed by atoms with E-state index in [1.807, 2.05) is 13.8 Å². The summed E-state index contributed by atoms with van der Waals surface area (Å²) in [5.74, 6) is 1.52. The number of benzene rings is 1. The van der Waals surface area contributed by atoms with Crippen molar-refractivity contribution >= 4 is 5.78 Å². The second kappa shape index (κ2) is 3.66. The van der Waals surface area contributed by atoms with Crippen LogP contribution < -0.4 is 0 Å². The van der Waals surface area contributed by atoms with Crippen LogP contribution in [0.15, 0.2) is 12.1 Å². The van der Waals surface area contributed by atoms with E-state index in [0.29, 0.717) is 11.8 Å². The van der Waals surface area contributed by atoms with Crippen LogP contribution in [0.4, 0.5) is 4.39 Å². The molecule has 1 aromatic carbocycles. The zero-order valence-electron chi connectivity index (χ0n) is 10.3. The average molecular weight is 232 g/mol. The van der Waals surface area contributed by atoms with E-state index in [2.05, 4.69) is 0 Å². The summed E-state index contributed by atoms with van der Waals surface area (Å²) in [7, 11) is 0. The fraction of sp³-hybridized carbons (Fsp3) is 0.533. The summed E-state index contributed by atoms with van der Waals surface area (Å²) in [6.45, 7) is 3.67. The van der Waals surface area contributed by atoms with Crippen molar-refractivity contribution in [2.24, 2.45) is 17.8 Å². The van der Waals surface area contributed by atoms with Crippen LogP contribution in [0.25, 0.3) is 0 Å². The molecule has 0 aliphatic heterocycles. The van der Waals surface area contributed by atoms with E-state index in [9.17, 15) is 9.18 Å². The Balaban J connectivity index is 1.92. The second-order valence-corrected chi connectivity index (χ2v) is 5.56. The van der Waals surface area contributed by atoms with Crippen molar-refractivity contribution in [2.45, 2.75) is 33.1 Å². The van der Waals surface area contributed by atoms with Crippen molar-refractivity contribution in [1.82, 2.24) is 0 Å². The molecule has 2 fully saturated rings. The maximum atomic E-state index is 13.2. The molecule has 0 N–H and O–H groups in total. The third kappa shape index (κ3) is 1.62. The zero-order chi connectivity index (χ0) is 12.2. The van der Waals surface area contributed by atoms with Crippen molar-refractivity contribution < 1.29 is 9.18 Å². The van der Waals surface area contributed by atoms with Crippen LogP contribution in [0.5, 0.6) is 0 Å². The van der Waals surface area contributed by atoms with Gasteiger partial charge in [0.15, 0.2) is 5.78 Å². The summed E-state index contributed by atoms with van der Waals surface area (Å²) in [6.07, 6.45) is 3.70. The maximum Gasteiger partial charge on any atom is 0.167 e. The van der Waals surface area contributed by atoms with Gasteiger partial charge in [-0.1, -0.05) is 6.42 Å². The van der Waals surface area contributed by atoms with E-state index >= 15 is 0 Å². The van der Waals surface area contributed by atoms with Gasteiger partial charge in [-0.2, -0.15) is 0 Å². The van der Waals surface area contributed by atoms with Gasteiger partial charge in [0.25, 0.3) is 0 Å². The van der Waals surface area contributed by atoms with Gasteiger partial charge in [-0.25, -0.2) is 4.39 Å². The van der Waals surface area contributed by atoms with E-state index in [-0.39, 0.29) is 17.5 Å². The lowest BCUT2D eigenvalue weighted by atomic mass is 9.94. The van der Waals surface area contributed by atoms with Gasteiger partial charge in [0.2, 0.25) is 0 Å². The number of Topliss-reactive ketones (excluding diaryl/α,β-unsaturated/α-hetero) is 1. The van der Waals surface area contributed by atoms with Gasteiger partial charge in [0, 0.05) is 11.5 Å². The quantitative estimate of drug-likeness (QED) is 0.711. The Bertz CT molecular complexity index is 459. The Hall–Kier alpha value is -1.18. The van der Waals surface area contributed by atoms with Crippen molar-refractivity contribution in [2.75, 3.05) is 0 Å². The van der Waals surface area contributed by atoms with Crippen LogP contribution in [0, 0.1) is 37.4 Å². The molecule has 1 aromatic rings. The Kier molecular flexibility index (Phi) is 2.35. The van der Waals surface area contributed by atoms with Crippen molar-refractivity contribution in [1.29, 1.82) is 0 Å². The van der Waals surface area contributed by atoms with E-state index in [4.69, 9.17) is 0 Å². The molecule has 0 spiro atoms. The molecular weight excluding hydrogens is 215 g/mol. The predicted octanol–water partition coefficient (Wildman–Crippen LogP) is 3.67. The van der Waals surface area contributed by atoms with Crippen molar-refractivity contribution in [3.05, 3.63) is 34.6 Å². The SMILES string of the molecule is Cc1cc(F)cc(C)c1C(=O)C1C2CCCC21. The predicted molar refractivity (Wildman–Crippen MR) is 64.5 cm³/mol. The molecule has 2 atom stereocenters. The Morgan fingerprint density at radius 1 is 1.18 bits per heavy atom. The molecule has 2 aliphatic rings. The topological polar surface area (TPSA) is 17.1 Å².